The highest BCUT2D eigenvalue weighted by Gasteiger charge is 2.05. The molecule has 0 aliphatic heterocycles. The normalized spacial score (nSPS) is 10.4. The molecule has 0 bridgehead atoms. The fraction of sp³-hybridized carbons (Fsp3) is 0.273. The highest BCUT2D eigenvalue weighted by molar-refractivity contribution is 5.93. The maximum Gasteiger partial charge on any atom is 0.252 e. The standard InChI is InChI=1S/C22H27N3O2/c1-3-13-25(14-4-2)18-19-8-5-10-21(16-19)27-15-7-12-24-22(26)20-9-6-11-23-17-20/h3-6,8-11,16-17H,1-2,7,12-15,18H2,(H,24,26). The summed E-state index contributed by atoms with van der Waals surface area (Å²) in [5.74, 6) is 0.720. The van der Waals surface area contributed by atoms with E-state index in [2.05, 4.69) is 34.4 Å². The van der Waals surface area contributed by atoms with E-state index < -0.39 is 0 Å². The van der Waals surface area contributed by atoms with Gasteiger partial charge in [-0.3, -0.25) is 14.7 Å². The van der Waals surface area contributed by atoms with Gasteiger partial charge in [0.2, 0.25) is 0 Å². The lowest BCUT2D eigenvalue weighted by molar-refractivity contribution is 0.0951. The molecule has 1 aromatic carbocycles. The van der Waals surface area contributed by atoms with Crippen molar-refractivity contribution in [2.75, 3.05) is 26.2 Å². The Balaban J connectivity index is 1.73. The fourth-order valence-electron chi connectivity index (χ4n) is 2.62. The van der Waals surface area contributed by atoms with E-state index in [9.17, 15) is 4.79 Å². The second-order valence-corrected chi connectivity index (χ2v) is 6.12. The first kappa shape index (κ1) is 20.4. The van der Waals surface area contributed by atoms with Crippen molar-refractivity contribution in [1.82, 2.24) is 15.2 Å². The van der Waals surface area contributed by atoms with E-state index in [4.69, 9.17) is 4.74 Å². The number of carbonyl (C=O) groups excluding carboxylic acids is 1. The van der Waals surface area contributed by atoms with Gasteiger partial charge >= 0.3 is 0 Å². The summed E-state index contributed by atoms with van der Waals surface area (Å²) in [4.78, 5) is 18.1. The molecule has 0 saturated heterocycles. The van der Waals surface area contributed by atoms with Gasteiger partial charge in [-0.25, -0.2) is 0 Å². The van der Waals surface area contributed by atoms with Crippen LogP contribution >= 0.6 is 0 Å². The van der Waals surface area contributed by atoms with Crippen molar-refractivity contribution < 1.29 is 9.53 Å². The number of hydrogen-bond donors (Lipinski definition) is 1. The molecule has 1 N–H and O–H groups in total. The maximum atomic E-state index is 11.9. The Morgan fingerprint density at radius 3 is 2.70 bits per heavy atom. The van der Waals surface area contributed by atoms with Gasteiger partial charge in [0, 0.05) is 38.6 Å². The zero-order chi connectivity index (χ0) is 19.3. The van der Waals surface area contributed by atoms with Crippen molar-refractivity contribution in [3.8, 4) is 5.75 Å². The van der Waals surface area contributed by atoms with Crippen LogP contribution in [0.3, 0.4) is 0 Å². The van der Waals surface area contributed by atoms with E-state index in [1.165, 1.54) is 5.56 Å². The van der Waals surface area contributed by atoms with Crippen LogP contribution in [0, 0.1) is 0 Å². The van der Waals surface area contributed by atoms with Gasteiger partial charge < -0.3 is 10.1 Å². The van der Waals surface area contributed by atoms with Crippen molar-refractivity contribution >= 4 is 5.91 Å². The van der Waals surface area contributed by atoms with E-state index in [0.29, 0.717) is 18.7 Å². The molecule has 0 fully saturated rings. The molecule has 0 atom stereocenters. The van der Waals surface area contributed by atoms with E-state index in [0.717, 1.165) is 31.8 Å². The van der Waals surface area contributed by atoms with E-state index in [1.807, 2.05) is 30.4 Å². The maximum absolute atomic E-state index is 11.9. The molecule has 2 aromatic rings. The first-order chi connectivity index (χ1) is 13.2. The molecule has 0 unspecified atom stereocenters. The topological polar surface area (TPSA) is 54.5 Å². The number of rotatable bonds is 12. The molecule has 0 aliphatic carbocycles. The molecule has 5 nitrogen and oxygen atoms in total. The monoisotopic (exact) mass is 365 g/mol. The summed E-state index contributed by atoms with van der Waals surface area (Å²) < 4.78 is 5.81. The SMILES string of the molecule is C=CCN(CC=C)Cc1cccc(OCCCNC(=O)c2cccnc2)c1. The summed E-state index contributed by atoms with van der Waals surface area (Å²) >= 11 is 0. The average Bonchev–Trinajstić information content (AvgIpc) is 2.69. The lowest BCUT2D eigenvalue weighted by Crippen LogP contribution is -2.25. The predicted molar refractivity (Wildman–Crippen MR) is 109 cm³/mol. The molecule has 5 heteroatoms. The number of ether oxygens (including phenoxy) is 1. The van der Waals surface area contributed by atoms with Crippen molar-refractivity contribution in [3.63, 3.8) is 0 Å². The summed E-state index contributed by atoms with van der Waals surface area (Å²) in [7, 11) is 0. The number of nitrogens with zero attached hydrogens (tertiary/aromatic N) is 2. The van der Waals surface area contributed by atoms with Crippen LogP contribution in [0.5, 0.6) is 5.75 Å². The summed E-state index contributed by atoms with van der Waals surface area (Å²) in [5, 5.41) is 2.87. The molecular formula is C22H27N3O2. The number of amides is 1. The van der Waals surface area contributed by atoms with Crippen LogP contribution in [0.4, 0.5) is 0 Å². The molecule has 2 rings (SSSR count). The number of hydrogen-bond acceptors (Lipinski definition) is 4. The van der Waals surface area contributed by atoms with E-state index >= 15 is 0 Å². The summed E-state index contributed by atoms with van der Waals surface area (Å²) in [6.45, 7) is 11.1. The number of pyridine rings is 1. The van der Waals surface area contributed by atoms with E-state index in [-0.39, 0.29) is 5.91 Å². The Morgan fingerprint density at radius 2 is 2.00 bits per heavy atom. The average molecular weight is 365 g/mol. The van der Waals surface area contributed by atoms with Gasteiger partial charge in [-0.1, -0.05) is 24.3 Å². The molecule has 0 aliphatic rings. The lowest BCUT2D eigenvalue weighted by Gasteiger charge is -2.19. The van der Waals surface area contributed by atoms with Crippen LogP contribution in [-0.2, 0) is 6.54 Å². The number of aromatic nitrogens is 1. The largest absolute Gasteiger partial charge is 0.494 e. The highest BCUT2D eigenvalue weighted by Crippen LogP contribution is 2.15. The Morgan fingerprint density at radius 1 is 1.19 bits per heavy atom. The molecule has 1 heterocycles. The Kier molecular flexibility index (Phi) is 8.80. The van der Waals surface area contributed by atoms with Crippen LogP contribution in [0.1, 0.15) is 22.3 Å². The Labute approximate surface area is 161 Å². The van der Waals surface area contributed by atoms with Crippen LogP contribution in [0.25, 0.3) is 0 Å². The molecule has 1 aromatic heterocycles. The second kappa shape index (κ2) is 11.6. The van der Waals surface area contributed by atoms with Gasteiger partial charge in [0.25, 0.3) is 5.91 Å². The van der Waals surface area contributed by atoms with Crippen LogP contribution in [0.2, 0.25) is 0 Å². The highest BCUT2D eigenvalue weighted by atomic mass is 16.5. The third kappa shape index (κ3) is 7.46. The van der Waals surface area contributed by atoms with Crippen molar-refractivity contribution in [2.24, 2.45) is 0 Å². The second-order valence-electron chi connectivity index (χ2n) is 6.12. The Hall–Kier alpha value is -2.92. The van der Waals surface area contributed by atoms with Crippen LogP contribution in [0.15, 0.2) is 74.1 Å². The minimum atomic E-state index is -0.116. The summed E-state index contributed by atoms with van der Waals surface area (Å²) in [6.07, 6.45) is 7.72. The summed E-state index contributed by atoms with van der Waals surface area (Å²) in [6, 6.07) is 11.6. The van der Waals surface area contributed by atoms with Crippen molar-refractivity contribution in [1.29, 1.82) is 0 Å². The Bertz CT molecular complexity index is 721. The minimum absolute atomic E-state index is 0.116. The lowest BCUT2D eigenvalue weighted by atomic mass is 10.2. The smallest absolute Gasteiger partial charge is 0.252 e. The summed E-state index contributed by atoms with van der Waals surface area (Å²) in [5.41, 5.74) is 1.75. The van der Waals surface area contributed by atoms with Crippen LogP contribution < -0.4 is 10.1 Å². The van der Waals surface area contributed by atoms with Crippen LogP contribution in [-0.4, -0.2) is 42.0 Å². The fourth-order valence-corrected chi connectivity index (χ4v) is 2.62. The van der Waals surface area contributed by atoms with Gasteiger partial charge in [-0.05, 0) is 36.2 Å². The third-order valence-electron chi connectivity index (χ3n) is 3.88. The zero-order valence-corrected chi connectivity index (χ0v) is 15.6. The molecule has 142 valence electrons. The quantitative estimate of drug-likeness (QED) is 0.462. The predicted octanol–water partition coefficient (Wildman–Crippen LogP) is 3.45. The number of nitrogens with one attached hydrogen (secondary N) is 1. The molecule has 27 heavy (non-hydrogen) atoms. The minimum Gasteiger partial charge on any atom is -0.494 e. The molecule has 0 spiro atoms. The van der Waals surface area contributed by atoms with Gasteiger partial charge in [0.1, 0.15) is 5.75 Å². The number of benzene rings is 1. The van der Waals surface area contributed by atoms with Gasteiger partial charge in [0.05, 0.1) is 12.2 Å². The molecule has 1 amide bonds. The molecule has 0 radical (unpaired) electrons. The molecule has 0 saturated carbocycles. The van der Waals surface area contributed by atoms with Crippen molar-refractivity contribution in [3.05, 3.63) is 85.2 Å². The van der Waals surface area contributed by atoms with Crippen molar-refractivity contribution in [2.45, 2.75) is 13.0 Å². The number of carbonyl (C=O) groups is 1. The first-order valence-electron chi connectivity index (χ1n) is 9.07. The van der Waals surface area contributed by atoms with Gasteiger partial charge in [-0.15, -0.1) is 13.2 Å². The zero-order valence-electron chi connectivity index (χ0n) is 15.6. The van der Waals surface area contributed by atoms with E-state index in [1.54, 1.807) is 24.5 Å². The first-order valence-corrected chi connectivity index (χ1v) is 9.07. The third-order valence-corrected chi connectivity index (χ3v) is 3.88. The van der Waals surface area contributed by atoms with Gasteiger partial charge in [0.15, 0.2) is 0 Å². The van der Waals surface area contributed by atoms with Gasteiger partial charge in [-0.2, -0.15) is 0 Å². The molecular weight excluding hydrogens is 338 g/mol.